The molecule has 0 saturated heterocycles. The zero-order valence-electron chi connectivity index (χ0n) is 11.3. The fourth-order valence-corrected chi connectivity index (χ4v) is 1.87. The molecule has 0 fully saturated rings. The van der Waals surface area contributed by atoms with Crippen LogP contribution in [0.2, 0.25) is 0 Å². The van der Waals surface area contributed by atoms with Gasteiger partial charge in [-0.3, -0.25) is 0 Å². The average Bonchev–Trinajstić information content (AvgIpc) is 2.96. The van der Waals surface area contributed by atoms with E-state index in [0.29, 0.717) is 5.88 Å². The number of nitrogens with one attached hydrogen (secondary N) is 1. The van der Waals surface area contributed by atoms with Crippen LogP contribution in [0.4, 0.5) is 0 Å². The van der Waals surface area contributed by atoms with Crippen LogP contribution in [0.5, 0.6) is 5.88 Å². The van der Waals surface area contributed by atoms with E-state index >= 15 is 0 Å². The summed E-state index contributed by atoms with van der Waals surface area (Å²) in [6.07, 6.45) is 5.35. The Morgan fingerprint density at radius 1 is 1.32 bits per heavy atom. The highest BCUT2D eigenvalue weighted by Gasteiger charge is 2.14. The van der Waals surface area contributed by atoms with Gasteiger partial charge in [0.2, 0.25) is 5.88 Å². The van der Waals surface area contributed by atoms with Gasteiger partial charge in [-0.2, -0.15) is 5.10 Å². The smallest absolute Gasteiger partial charge is 0.233 e. The molecule has 2 heterocycles. The standard InChI is InChI=1S/C14H19N3O2/c1-3-7-15-13(9-11-6-8-19-10-11)12-4-5-14(18-2)17-16-12/h4-6,8,10,13,15H,3,7,9H2,1-2H3. The Morgan fingerprint density at radius 2 is 2.21 bits per heavy atom. The maximum absolute atomic E-state index is 5.11. The van der Waals surface area contributed by atoms with Gasteiger partial charge >= 0.3 is 0 Å². The molecule has 19 heavy (non-hydrogen) atoms. The Labute approximate surface area is 113 Å². The minimum Gasteiger partial charge on any atom is -0.480 e. The largest absolute Gasteiger partial charge is 0.480 e. The highest BCUT2D eigenvalue weighted by Crippen LogP contribution is 2.18. The van der Waals surface area contributed by atoms with E-state index in [9.17, 15) is 0 Å². The monoisotopic (exact) mass is 261 g/mol. The number of hydrogen-bond acceptors (Lipinski definition) is 5. The summed E-state index contributed by atoms with van der Waals surface area (Å²) in [4.78, 5) is 0. The molecule has 0 aliphatic rings. The average molecular weight is 261 g/mol. The third-order valence-electron chi connectivity index (χ3n) is 2.89. The van der Waals surface area contributed by atoms with Gasteiger partial charge in [-0.15, -0.1) is 5.10 Å². The Morgan fingerprint density at radius 3 is 2.79 bits per heavy atom. The second-order valence-electron chi connectivity index (χ2n) is 4.34. The second-order valence-corrected chi connectivity index (χ2v) is 4.34. The minimum atomic E-state index is 0.135. The molecule has 0 aliphatic carbocycles. The minimum absolute atomic E-state index is 0.135. The molecule has 0 aromatic carbocycles. The van der Waals surface area contributed by atoms with Crippen molar-refractivity contribution in [1.29, 1.82) is 0 Å². The Hall–Kier alpha value is -1.88. The summed E-state index contributed by atoms with van der Waals surface area (Å²) in [5.41, 5.74) is 2.06. The van der Waals surface area contributed by atoms with Crippen molar-refractivity contribution >= 4 is 0 Å². The quantitative estimate of drug-likeness (QED) is 0.829. The normalized spacial score (nSPS) is 12.3. The number of furan rings is 1. The predicted molar refractivity (Wildman–Crippen MR) is 72.0 cm³/mol. The third-order valence-corrected chi connectivity index (χ3v) is 2.89. The number of methoxy groups -OCH3 is 1. The van der Waals surface area contributed by atoms with Gasteiger partial charge in [-0.1, -0.05) is 6.92 Å². The SMILES string of the molecule is CCCNC(Cc1ccoc1)c1ccc(OC)nn1. The molecule has 0 radical (unpaired) electrons. The molecule has 1 unspecified atom stereocenters. The number of nitrogens with zero attached hydrogens (tertiary/aromatic N) is 2. The van der Waals surface area contributed by atoms with Gasteiger partial charge in [0.15, 0.2) is 0 Å². The molecule has 0 bridgehead atoms. The maximum Gasteiger partial charge on any atom is 0.233 e. The Bertz CT molecular complexity index is 468. The molecular formula is C14H19N3O2. The molecule has 2 rings (SSSR count). The maximum atomic E-state index is 5.11. The van der Waals surface area contributed by atoms with Gasteiger partial charge in [0, 0.05) is 6.07 Å². The van der Waals surface area contributed by atoms with Crippen LogP contribution in [0.3, 0.4) is 0 Å². The summed E-state index contributed by atoms with van der Waals surface area (Å²) in [6.45, 7) is 3.08. The van der Waals surface area contributed by atoms with Crippen LogP contribution in [0.25, 0.3) is 0 Å². The van der Waals surface area contributed by atoms with Crippen molar-refractivity contribution in [3.8, 4) is 5.88 Å². The van der Waals surface area contributed by atoms with E-state index in [1.807, 2.05) is 18.2 Å². The first kappa shape index (κ1) is 13.5. The lowest BCUT2D eigenvalue weighted by atomic mass is 10.1. The molecule has 0 aliphatic heterocycles. The van der Waals surface area contributed by atoms with Crippen molar-refractivity contribution in [2.24, 2.45) is 0 Å². The first-order chi connectivity index (χ1) is 9.33. The van der Waals surface area contributed by atoms with Gasteiger partial charge in [0.25, 0.3) is 0 Å². The molecule has 5 nitrogen and oxygen atoms in total. The van der Waals surface area contributed by atoms with E-state index in [-0.39, 0.29) is 6.04 Å². The second kappa shape index (κ2) is 6.89. The lowest BCUT2D eigenvalue weighted by Gasteiger charge is -2.16. The molecular weight excluding hydrogens is 242 g/mol. The van der Waals surface area contributed by atoms with E-state index in [2.05, 4.69) is 22.4 Å². The van der Waals surface area contributed by atoms with E-state index in [4.69, 9.17) is 9.15 Å². The Kier molecular flexibility index (Phi) is 4.92. The van der Waals surface area contributed by atoms with Gasteiger partial charge in [0.1, 0.15) is 0 Å². The molecule has 1 N–H and O–H groups in total. The van der Waals surface area contributed by atoms with Crippen LogP contribution in [0, 0.1) is 0 Å². The van der Waals surface area contributed by atoms with Crippen molar-refractivity contribution in [1.82, 2.24) is 15.5 Å². The van der Waals surface area contributed by atoms with Gasteiger partial charge < -0.3 is 14.5 Å². The number of rotatable bonds is 7. The lowest BCUT2D eigenvalue weighted by molar-refractivity contribution is 0.389. The summed E-state index contributed by atoms with van der Waals surface area (Å²) in [5.74, 6) is 0.529. The number of ether oxygens (including phenoxy) is 1. The zero-order valence-corrected chi connectivity index (χ0v) is 11.3. The Balaban J connectivity index is 2.10. The number of hydrogen-bond donors (Lipinski definition) is 1. The summed E-state index contributed by atoms with van der Waals surface area (Å²) >= 11 is 0. The predicted octanol–water partition coefficient (Wildman–Crippen LogP) is 2.36. The lowest BCUT2D eigenvalue weighted by Crippen LogP contribution is -2.25. The molecule has 102 valence electrons. The summed E-state index contributed by atoms with van der Waals surface area (Å²) in [6, 6.07) is 5.88. The van der Waals surface area contributed by atoms with Gasteiger partial charge in [-0.05, 0) is 37.1 Å². The van der Waals surface area contributed by atoms with Gasteiger partial charge in [0.05, 0.1) is 31.4 Å². The van der Waals surface area contributed by atoms with E-state index in [1.54, 1.807) is 19.6 Å². The van der Waals surface area contributed by atoms with E-state index < -0.39 is 0 Å². The molecule has 2 aromatic heterocycles. The molecule has 0 amide bonds. The molecule has 1 atom stereocenters. The fourth-order valence-electron chi connectivity index (χ4n) is 1.87. The molecule has 0 spiro atoms. The first-order valence-corrected chi connectivity index (χ1v) is 6.45. The molecule has 5 heteroatoms. The zero-order chi connectivity index (χ0) is 13.5. The molecule has 2 aromatic rings. The van der Waals surface area contributed by atoms with Crippen molar-refractivity contribution in [3.05, 3.63) is 42.0 Å². The van der Waals surface area contributed by atoms with Crippen LogP contribution in [-0.2, 0) is 6.42 Å². The van der Waals surface area contributed by atoms with Gasteiger partial charge in [-0.25, -0.2) is 0 Å². The van der Waals surface area contributed by atoms with Crippen molar-refractivity contribution in [2.75, 3.05) is 13.7 Å². The van der Waals surface area contributed by atoms with Crippen LogP contribution in [0.15, 0.2) is 35.1 Å². The highest BCUT2D eigenvalue weighted by molar-refractivity contribution is 5.17. The van der Waals surface area contributed by atoms with Crippen molar-refractivity contribution in [3.63, 3.8) is 0 Å². The topological polar surface area (TPSA) is 60.2 Å². The first-order valence-electron chi connectivity index (χ1n) is 6.45. The van der Waals surface area contributed by atoms with Crippen LogP contribution >= 0.6 is 0 Å². The van der Waals surface area contributed by atoms with Crippen molar-refractivity contribution < 1.29 is 9.15 Å². The van der Waals surface area contributed by atoms with Crippen LogP contribution in [-0.4, -0.2) is 23.9 Å². The highest BCUT2D eigenvalue weighted by atomic mass is 16.5. The molecule has 0 saturated carbocycles. The summed E-state index contributed by atoms with van der Waals surface area (Å²) in [7, 11) is 1.59. The van der Waals surface area contributed by atoms with E-state index in [0.717, 1.165) is 30.6 Å². The van der Waals surface area contributed by atoms with Crippen molar-refractivity contribution in [2.45, 2.75) is 25.8 Å². The summed E-state index contributed by atoms with van der Waals surface area (Å²) in [5, 5.41) is 11.7. The summed E-state index contributed by atoms with van der Waals surface area (Å²) < 4.78 is 10.1. The van der Waals surface area contributed by atoms with Crippen LogP contribution < -0.4 is 10.1 Å². The van der Waals surface area contributed by atoms with Crippen LogP contribution in [0.1, 0.15) is 30.6 Å². The number of aromatic nitrogens is 2. The van der Waals surface area contributed by atoms with E-state index in [1.165, 1.54) is 0 Å². The third kappa shape index (κ3) is 3.79. The fraction of sp³-hybridized carbons (Fsp3) is 0.429.